The predicted octanol–water partition coefficient (Wildman–Crippen LogP) is 2.43. The maximum absolute atomic E-state index is 12.4. The molecule has 2 rings (SSSR count). The van der Waals surface area contributed by atoms with Gasteiger partial charge < -0.3 is 4.74 Å². The van der Waals surface area contributed by atoms with Crippen molar-refractivity contribution in [2.75, 3.05) is 13.7 Å². The molecule has 0 saturated carbocycles. The number of non-ortho nitro benzene ring substituents is 1. The highest BCUT2D eigenvalue weighted by atomic mass is 32.2. The van der Waals surface area contributed by atoms with Crippen LogP contribution in [0.1, 0.15) is 11.1 Å². The Labute approximate surface area is 140 Å². The van der Waals surface area contributed by atoms with Crippen LogP contribution < -0.4 is 9.46 Å². The molecule has 128 valence electrons. The van der Waals surface area contributed by atoms with Crippen LogP contribution in [0, 0.1) is 17.0 Å². The molecule has 0 aromatic heterocycles. The number of hydrogen-bond acceptors (Lipinski definition) is 5. The third-order valence-electron chi connectivity index (χ3n) is 3.54. The number of rotatable bonds is 7. The van der Waals surface area contributed by atoms with Gasteiger partial charge in [-0.1, -0.05) is 18.2 Å². The summed E-state index contributed by atoms with van der Waals surface area (Å²) in [5.41, 5.74) is 1.16. The lowest BCUT2D eigenvalue weighted by atomic mass is 10.1. The summed E-state index contributed by atoms with van der Waals surface area (Å²) >= 11 is 0. The molecule has 0 aliphatic rings. The van der Waals surface area contributed by atoms with Gasteiger partial charge in [0.05, 0.1) is 16.9 Å². The summed E-state index contributed by atoms with van der Waals surface area (Å²) in [5, 5.41) is 10.8. The number of nitro benzene ring substituents is 1. The molecule has 0 aliphatic heterocycles. The van der Waals surface area contributed by atoms with Gasteiger partial charge in [-0.3, -0.25) is 10.1 Å². The van der Waals surface area contributed by atoms with Gasteiger partial charge in [-0.25, -0.2) is 13.1 Å². The van der Waals surface area contributed by atoms with Crippen LogP contribution in [0.3, 0.4) is 0 Å². The number of aryl methyl sites for hydroxylation is 1. The van der Waals surface area contributed by atoms with Gasteiger partial charge in [0.25, 0.3) is 5.69 Å². The Balaban J connectivity index is 2.08. The minimum absolute atomic E-state index is 0.0774. The van der Waals surface area contributed by atoms with E-state index < -0.39 is 14.9 Å². The summed E-state index contributed by atoms with van der Waals surface area (Å²) in [6.45, 7) is 1.79. The molecular weight excluding hydrogens is 332 g/mol. The van der Waals surface area contributed by atoms with Crippen molar-refractivity contribution in [3.05, 3.63) is 63.7 Å². The van der Waals surface area contributed by atoms with Crippen LogP contribution in [-0.2, 0) is 16.4 Å². The maximum atomic E-state index is 12.4. The molecule has 0 atom stereocenters. The maximum Gasteiger partial charge on any atom is 0.270 e. The topological polar surface area (TPSA) is 98.5 Å². The molecule has 2 aromatic carbocycles. The smallest absolute Gasteiger partial charge is 0.270 e. The number of methoxy groups -OCH3 is 1. The Hall–Kier alpha value is -2.45. The highest BCUT2D eigenvalue weighted by molar-refractivity contribution is 7.89. The van der Waals surface area contributed by atoms with E-state index in [2.05, 4.69) is 4.72 Å². The van der Waals surface area contributed by atoms with Crippen molar-refractivity contribution in [3.63, 3.8) is 0 Å². The lowest BCUT2D eigenvalue weighted by Crippen LogP contribution is -2.26. The SMILES string of the molecule is COc1ccc(CCNS(=O)(=O)c2cc([N+](=O)[O-])ccc2C)cc1. The normalized spacial score (nSPS) is 11.2. The third-order valence-corrected chi connectivity index (χ3v) is 5.14. The lowest BCUT2D eigenvalue weighted by Gasteiger charge is -2.09. The Morgan fingerprint density at radius 2 is 1.83 bits per heavy atom. The molecule has 0 spiro atoms. The summed E-state index contributed by atoms with van der Waals surface area (Å²) < 4.78 is 32.3. The third kappa shape index (κ3) is 4.30. The first-order valence-corrected chi connectivity index (χ1v) is 8.69. The van der Waals surface area contributed by atoms with Crippen LogP contribution in [0.5, 0.6) is 5.75 Å². The first kappa shape index (κ1) is 17.9. The van der Waals surface area contributed by atoms with E-state index in [4.69, 9.17) is 4.74 Å². The molecule has 0 amide bonds. The van der Waals surface area contributed by atoms with Crippen molar-refractivity contribution in [2.24, 2.45) is 0 Å². The highest BCUT2D eigenvalue weighted by Gasteiger charge is 2.20. The molecule has 7 nitrogen and oxygen atoms in total. The van der Waals surface area contributed by atoms with Gasteiger partial charge in [-0.15, -0.1) is 0 Å². The van der Waals surface area contributed by atoms with Crippen LogP contribution in [0.4, 0.5) is 5.69 Å². The summed E-state index contributed by atoms with van der Waals surface area (Å²) in [6.07, 6.45) is 0.497. The Bertz CT molecular complexity index is 832. The number of benzene rings is 2. The number of sulfonamides is 1. The van der Waals surface area contributed by atoms with E-state index in [1.807, 2.05) is 12.1 Å². The fraction of sp³-hybridized carbons (Fsp3) is 0.250. The predicted molar refractivity (Wildman–Crippen MR) is 89.7 cm³/mol. The molecular formula is C16H18N2O5S. The Morgan fingerprint density at radius 3 is 2.42 bits per heavy atom. The van der Waals surface area contributed by atoms with Crippen molar-refractivity contribution in [2.45, 2.75) is 18.2 Å². The molecule has 0 bridgehead atoms. The fourth-order valence-electron chi connectivity index (χ4n) is 2.19. The average molecular weight is 350 g/mol. The standard InChI is InChI=1S/C16H18N2O5S/c1-12-3-6-14(18(19)20)11-16(12)24(21,22)17-10-9-13-4-7-15(23-2)8-5-13/h3-8,11,17H,9-10H2,1-2H3. The number of hydrogen-bond donors (Lipinski definition) is 1. The van der Waals surface area contributed by atoms with E-state index in [1.165, 1.54) is 12.1 Å². The zero-order chi connectivity index (χ0) is 17.7. The Morgan fingerprint density at radius 1 is 1.17 bits per heavy atom. The quantitative estimate of drug-likeness (QED) is 0.611. The number of nitrogens with zero attached hydrogens (tertiary/aromatic N) is 1. The molecule has 0 saturated heterocycles. The van der Waals surface area contributed by atoms with Crippen LogP contribution in [0.25, 0.3) is 0 Å². The van der Waals surface area contributed by atoms with Gasteiger partial charge in [0, 0.05) is 18.7 Å². The second-order valence-corrected chi connectivity index (χ2v) is 6.94. The van der Waals surface area contributed by atoms with E-state index in [1.54, 1.807) is 26.2 Å². The summed E-state index contributed by atoms with van der Waals surface area (Å²) in [6, 6.07) is 11.1. The van der Waals surface area contributed by atoms with Crippen LogP contribution >= 0.6 is 0 Å². The molecule has 0 radical (unpaired) electrons. The van der Waals surface area contributed by atoms with Gasteiger partial charge in [-0.2, -0.15) is 0 Å². The van der Waals surface area contributed by atoms with Gasteiger partial charge in [0.15, 0.2) is 0 Å². The molecule has 1 N–H and O–H groups in total. The van der Waals surface area contributed by atoms with Gasteiger partial charge >= 0.3 is 0 Å². The molecule has 24 heavy (non-hydrogen) atoms. The van der Waals surface area contributed by atoms with E-state index in [0.29, 0.717) is 12.0 Å². The van der Waals surface area contributed by atoms with Crippen molar-refractivity contribution >= 4 is 15.7 Å². The minimum Gasteiger partial charge on any atom is -0.497 e. The van der Waals surface area contributed by atoms with Gasteiger partial charge in [0.2, 0.25) is 10.0 Å². The largest absolute Gasteiger partial charge is 0.497 e. The summed E-state index contributed by atoms with van der Waals surface area (Å²) in [4.78, 5) is 10.1. The number of ether oxygens (including phenoxy) is 1. The second kappa shape index (κ2) is 7.41. The van der Waals surface area contributed by atoms with Crippen molar-refractivity contribution in [1.29, 1.82) is 0 Å². The summed E-state index contributed by atoms with van der Waals surface area (Å²) in [7, 11) is -2.24. The molecule has 0 heterocycles. The first-order valence-electron chi connectivity index (χ1n) is 7.21. The zero-order valence-electron chi connectivity index (χ0n) is 13.4. The van der Waals surface area contributed by atoms with Gasteiger partial charge in [0.1, 0.15) is 5.75 Å². The number of nitro groups is 1. The highest BCUT2D eigenvalue weighted by Crippen LogP contribution is 2.21. The molecule has 0 unspecified atom stereocenters. The van der Waals surface area contributed by atoms with Crippen molar-refractivity contribution in [1.82, 2.24) is 4.72 Å². The van der Waals surface area contributed by atoms with Crippen molar-refractivity contribution < 1.29 is 18.1 Å². The monoisotopic (exact) mass is 350 g/mol. The molecule has 0 fully saturated rings. The van der Waals surface area contributed by atoms with E-state index in [-0.39, 0.29) is 17.1 Å². The average Bonchev–Trinajstić information content (AvgIpc) is 2.55. The lowest BCUT2D eigenvalue weighted by molar-refractivity contribution is -0.385. The Kier molecular flexibility index (Phi) is 5.53. The zero-order valence-corrected chi connectivity index (χ0v) is 14.2. The minimum atomic E-state index is -3.81. The molecule has 0 aliphatic carbocycles. The van der Waals surface area contributed by atoms with Crippen LogP contribution in [0.15, 0.2) is 47.4 Å². The van der Waals surface area contributed by atoms with Crippen LogP contribution in [0.2, 0.25) is 0 Å². The first-order chi connectivity index (χ1) is 11.3. The van der Waals surface area contributed by atoms with Gasteiger partial charge in [-0.05, 0) is 36.6 Å². The van der Waals surface area contributed by atoms with Crippen LogP contribution in [-0.4, -0.2) is 27.0 Å². The van der Waals surface area contributed by atoms with E-state index in [9.17, 15) is 18.5 Å². The second-order valence-electron chi connectivity index (χ2n) is 5.20. The van der Waals surface area contributed by atoms with E-state index >= 15 is 0 Å². The molecule has 2 aromatic rings. The fourth-order valence-corrected chi connectivity index (χ4v) is 3.49. The number of nitrogens with one attached hydrogen (secondary N) is 1. The van der Waals surface area contributed by atoms with E-state index in [0.717, 1.165) is 17.4 Å². The summed E-state index contributed by atoms with van der Waals surface area (Å²) in [5.74, 6) is 0.728. The van der Waals surface area contributed by atoms with Crippen molar-refractivity contribution in [3.8, 4) is 5.75 Å². The molecule has 8 heteroatoms.